The average molecular weight is 353 g/mol. The van der Waals surface area contributed by atoms with E-state index >= 15 is 0 Å². The van der Waals surface area contributed by atoms with E-state index in [1.807, 2.05) is 49.4 Å². The maximum absolute atomic E-state index is 12.4. The molecule has 0 saturated carbocycles. The van der Waals surface area contributed by atoms with Crippen LogP contribution in [0.4, 0.5) is 0 Å². The summed E-state index contributed by atoms with van der Waals surface area (Å²) in [5.74, 6) is 0.0472. The lowest BCUT2D eigenvalue weighted by atomic mass is 10.1. The lowest BCUT2D eigenvalue weighted by Gasteiger charge is -2.16. The normalized spacial score (nSPS) is 13.5. The molecule has 4 nitrogen and oxygen atoms in total. The summed E-state index contributed by atoms with van der Waals surface area (Å²) in [5, 5.41) is 3.69. The number of aromatic amines is 1. The van der Waals surface area contributed by atoms with Crippen LogP contribution >= 0.6 is 11.8 Å². The summed E-state index contributed by atoms with van der Waals surface area (Å²) in [6.07, 6.45) is 1.89. The van der Waals surface area contributed by atoms with E-state index in [1.54, 1.807) is 0 Å². The maximum atomic E-state index is 12.4. The Balaban J connectivity index is 1.49. The molecular weight excluding hydrogens is 330 g/mol. The second kappa shape index (κ2) is 8.21. The van der Waals surface area contributed by atoms with E-state index in [4.69, 9.17) is 0 Å². The number of fused-ring (bicyclic) bond motifs is 1. The summed E-state index contributed by atoms with van der Waals surface area (Å²) in [6, 6.07) is 18.4. The van der Waals surface area contributed by atoms with Crippen molar-refractivity contribution in [1.82, 2.24) is 15.3 Å². The van der Waals surface area contributed by atoms with Gasteiger partial charge < -0.3 is 10.3 Å². The van der Waals surface area contributed by atoms with Gasteiger partial charge in [0.15, 0.2) is 5.16 Å². The number of carbonyl (C=O) groups is 1. The Morgan fingerprint density at radius 1 is 1.12 bits per heavy atom. The highest BCUT2D eigenvalue weighted by atomic mass is 32.2. The number of amides is 1. The summed E-state index contributed by atoms with van der Waals surface area (Å²) in [4.78, 5) is 20.2. The molecule has 25 heavy (non-hydrogen) atoms. The zero-order valence-corrected chi connectivity index (χ0v) is 15.3. The van der Waals surface area contributed by atoms with Crippen molar-refractivity contribution in [3.8, 4) is 0 Å². The van der Waals surface area contributed by atoms with E-state index in [2.05, 4.69) is 34.3 Å². The second-order valence-electron chi connectivity index (χ2n) is 6.25. The summed E-state index contributed by atoms with van der Waals surface area (Å²) in [6.45, 7) is 3.97. The number of para-hydroxylation sites is 2. The van der Waals surface area contributed by atoms with Gasteiger partial charge in [-0.3, -0.25) is 4.79 Å². The molecule has 0 bridgehead atoms. The topological polar surface area (TPSA) is 57.8 Å². The molecule has 0 aliphatic carbocycles. The number of hydrogen-bond acceptors (Lipinski definition) is 3. The number of rotatable bonds is 7. The third kappa shape index (κ3) is 4.86. The van der Waals surface area contributed by atoms with Gasteiger partial charge in [-0.2, -0.15) is 0 Å². The van der Waals surface area contributed by atoms with Crippen LogP contribution in [0.25, 0.3) is 11.0 Å². The zero-order chi connectivity index (χ0) is 17.6. The molecule has 3 aromatic rings. The van der Waals surface area contributed by atoms with Crippen LogP contribution in [0.3, 0.4) is 0 Å². The fraction of sp³-hybridized carbons (Fsp3) is 0.300. The molecule has 0 saturated heterocycles. The number of hydrogen-bond donors (Lipinski definition) is 2. The van der Waals surface area contributed by atoms with Gasteiger partial charge in [0.2, 0.25) is 5.91 Å². The van der Waals surface area contributed by atoms with Crippen molar-refractivity contribution in [2.45, 2.75) is 43.1 Å². The second-order valence-corrected chi connectivity index (χ2v) is 7.58. The molecule has 3 rings (SSSR count). The van der Waals surface area contributed by atoms with Crippen LogP contribution in [0.2, 0.25) is 0 Å². The lowest BCUT2D eigenvalue weighted by molar-refractivity contribution is -0.120. The average Bonchev–Trinajstić information content (AvgIpc) is 3.03. The fourth-order valence-electron chi connectivity index (χ4n) is 2.67. The van der Waals surface area contributed by atoms with Crippen LogP contribution in [-0.2, 0) is 11.2 Å². The first-order valence-electron chi connectivity index (χ1n) is 8.57. The minimum absolute atomic E-state index is 0.0472. The number of nitrogens with zero attached hydrogens (tertiary/aromatic N) is 1. The van der Waals surface area contributed by atoms with Crippen LogP contribution < -0.4 is 5.32 Å². The van der Waals surface area contributed by atoms with Crippen molar-refractivity contribution >= 4 is 28.7 Å². The standard InChI is InChI=1S/C20H23N3OS/c1-14(12-13-16-8-4-3-5-9-16)21-19(24)15(2)25-20-22-17-10-6-7-11-18(17)23-20/h3-11,14-15H,12-13H2,1-2H3,(H,21,24)(H,22,23). The third-order valence-electron chi connectivity index (χ3n) is 4.12. The van der Waals surface area contributed by atoms with Crippen LogP contribution in [0.1, 0.15) is 25.8 Å². The monoisotopic (exact) mass is 353 g/mol. The minimum Gasteiger partial charge on any atom is -0.353 e. The molecule has 0 radical (unpaired) electrons. The number of carbonyl (C=O) groups excluding carboxylic acids is 1. The highest BCUT2D eigenvalue weighted by Gasteiger charge is 2.18. The van der Waals surface area contributed by atoms with Crippen molar-refractivity contribution in [2.24, 2.45) is 0 Å². The predicted molar refractivity (Wildman–Crippen MR) is 104 cm³/mol. The molecule has 1 heterocycles. The molecule has 2 unspecified atom stereocenters. The quantitative estimate of drug-likeness (QED) is 0.627. The Labute approximate surface area is 152 Å². The Kier molecular flexibility index (Phi) is 5.76. The number of aryl methyl sites for hydroxylation is 1. The van der Waals surface area contributed by atoms with Gasteiger partial charge in [0.25, 0.3) is 0 Å². The Bertz CT molecular complexity index is 798. The molecule has 130 valence electrons. The van der Waals surface area contributed by atoms with Crippen molar-refractivity contribution < 1.29 is 4.79 Å². The number of thioether (sulfide) groups is 1. The van der Waals surface area contributed by atoms with Gasteiger partial charge in [-0.15, -0.1) is 0 Å². The van der Waals surface area contributed by atoms with Crippen LogP contribution in [-0.4, -0.2) is 27.2 Å². The highest BCUT2D eigenvalue weighted by Crippen LogP contribution is 2.23. The molecular formula is C20H23N3OS. The number of H-pyrrole nitrogens is 1. The van der Waals surface area contributed by atoms with E-state index < -0.39 is 0 Å². The number of benzene rings is 2. The molecule has 1 amide bonds. The van der Waals surface area contributed by atoms with E-state index in [1.165, 1.54) is 17.3 Å². The van der Waals surface area contributed by atoms with E-state index in [9.17, 15) is 4.79 Å². The van der Waals surface area contributed by atoms with Gasteiger partial charge in [0, 0.05) is 6.04 Å². The minimum atomic E-state index is -0.195. The zero-order valence-electron chi connectivity index (χ0n) is 14.5. The molecule has 0 spiro atoms. The summed E-state index contributed by atoms with van der Waals surface area (Å²) in [5.41, 5.74) is 3.22. The molecule has 1 aromatic heterocycles. The predicted octanol–water partition coefficient (Wildman–Crippen LogP) is 4.18. The highest BCUT2D eigenvalue weighted by molar-refractivity contribution is 8.00. The van der Waals surface area contributed by atoms with E-state index in [-0.39, 0.29) is 17.2 Å². The Hall–Kier alpha value is -2.27. The first-order chi connectivity index (χ1) is 12.1. The number of aromatic nitrogens is 2. The fourth-order valence-corrected chi connectivity index (χ4v) is 3.50. The van der Waals surface area contributed by atoms with Crippen molar-refractivity contribution in [2.75, 3.05) is 0 Å². The van der Waals surface area contributed by atoms with Crippen molar-refractivity contribution in [3.05, 3.63) is 60.2 Å². The molecule has 0 fully saturated rings. The lowest BCUT2D eigenvalue weighted by Crippen LogP contribution is -2.37. The van der Waals surface area contributed by atoms with Crippen molar-refractivity contribution in [3.63, 3.8) is 0 Å². The third-order valence-corrected chi connectivity index (χ3v) is 5.11. The maximum Gasteiger partial charge on any atom is 0.233 e. The molecule has 5 heteroatoms. The summed E-state index contributed by atoms with van der Waals surface area (Å²) < 4.78 is 0. The summed E-state index contributed by atoms with van der Waals surface area (Å²) >= 11 is 1.46. The van der Waals surface area contributed by atoms with Gasteiger partial charge >= 0.3 is 0 Å². The molecule has 2 atom stereocenters. The molecule has 0 aliphatic heterocycles. The van der Waals surface area contributed by atoms with Gasteiger partial charge in [-0.05, 0) is 44.4 Å². The molecule has 0 aliphatic rings. The van der Waals surface area contributed by atoms with Gasteiger partial charge in [0.1, 0.15) is 0 Å². The van der Waals surface area contributed by atoms with Crippen LogP contribution in [0.5, 0.6) is 0 Å². The SMILES string of the molecule is CC(CCc1ccccc1)NC(=O)C(C)Sc1nc2ccccc2[nH]1. The van der Waals surface area contributed by atoms with E-state index in [0.29, 0.717) is 0 Å². The largest absolute Gasteiger partial charge is 0.353 e. The van der Waals surface area contributed by atoms with E-state index in [0.717, 1.165) is 29.0 Å². The van der Waals surface area contributed by atoms with Gasteiger partial charge in [-0.1, -0.05) is 54.2 Å². The Morgan fingerprint density at radius 2 is 1.84 bits per heavy atom. The number of imidazole rings is 1. The first kappa shape index (κ1) is 17.5. The smallest absolute Gasteiger partial charge is 0.233 e. The Morgan fingerprint density at radius 3 is 2.60 bits per heavy atom. The van der Waals surface area contributed by atoms with Crippen LogP contribution in [0, 0.1) is 0 Å². The molecule has 2 N–H and O–H groups in total. The summed E-state index contributed by atoms with van der Waals surface area (Å²) in [7, 11) is 0. The van der Waals surface area contributed by atoms with Gasteiger partial charge in [-0.25, -0.2) is 4.98 Å². The van der Waals surface area contributed by atoms with Gasteiger partial charge in [0.05, 0.1) is 16.3 Å². The molecule has 2 aromatic carbocycles. The number of nitrogens with one attached hydrogen (secondary N) is 2. The van der Waals surface area contributed by atoms with Crippen molar-refractivity contribution in [1.29, 1.82) is 0 Å². The first-order valence-corrected chi connectivity index (χ1v) is 9.45. The van der Waals surface area contributed by atoms with Crippen LogP contribution in [0.15, 0.2) is 59.8 Å².